The van der Waals surface area contributed by atoms with Crippen LogP contribution in [0.5, 0.6) is 11.5 Å². The highest BCUT2D eigenvalue weighted by molar-refractivity contribution is 7.20. The molecule has 3 amide bonds. The summed E-state index contributed by atoms with van der Waals surface area (Å²) in [4.78, 5) is 25.0. The van der Waals surface area contributed by atoms with E-state index in [1.165, 1.54) is 11.3 Å². The predicted octanol–water partition coefficient (Wildman–Crippen LogP) is 2.40. The van der Waals surface area contributed by atoms with Gasteiger partial charge in [-0.1, -0.05) is 0 Å². The number of carbonyl (C=O) groups excluding carboxylic acids is 2. The lowest BCUT2D eigenvalue weighted by molar-refractivity contribution is 0.0932. The third-order valence-electron chi connectivity index (χ3n) is 4.52. The number of anilines is 1. The van der Waals surface area contributed by atoms with Crippen molar-refractivity contribution in [2.45, 2.75) is 18.9 Å². The van der Waals surface area contributed by atoms with Gasteiger partial charge < -0.3 is 25.8 Å². The summed E-state index contributed by atoms with van der Waals surface area (Å²) >= 11 is 1.27. The molecule has 8 nitrogen and oxygen atoms in total. The van der Waals surface area contributed by atoms with Crippen LogP contribution in [-0.4, -0.2) is 45.3 Å². The highest BCUT2D eigenvalue weighted by atomic mass is 32.1. The van der Waals surface area contributed by atoms with E-state index in [1.54, 1.807) is 26.4 Å². The van der Waals surface area contributed by atoms with Crippen molar-refractivity contribution in [2.75, 3.05) is 32.6 Å². The fourth-order valence-corrected chi connectivity index (χ4v) is 4.23. The molecule has 2 heterocycles. The van der Waals surface area contributed by atoms with Gasteiger partial charge in [-0.25, -0.2) is 4.79 Å². The lowest BCUT2D eigenvalue weighted by atomic mass is 10.1. The summed E-state index contributed by atoms with van der Waals surface area (Å²) in [6, 6.07) is 6.51. The number of nitrogens with two attached hydrogens (primary N) is 1. The number of urea groups is 1. The maximum absolute atomic E-state index is 12.8. The third kappa shape index (κ3) is 4.55. The van der Waals surface area contributed by atoms with Crippen LogP contribution >= 0.6 is 11.3 Å². The van der Waals surface area contributed by atoms with E-state index in [0.29, 0.717) is 22.1 Å². The molecule has 1 aromatic carbocycles. The van der Waals surface area contributed by atoms with Gasteiger partial charge in [0.05, 0.1) is 19.8 Å². The number of benzene rings is 1. The number of thiophene rings is 1. The Morgan fingerprint density at radius 3 is 2.71 bits per heavy atom. The van der Waals surface area contributed by atoms with Crippen LogP contribution in [0.4, 0.5) is 9.80 Å². The number of methoxy groups -OCH3 is 2. The maximum Gasteiger partial charge on any atom is 0.317 e. The molecule has 9 heteroatoms. The third-order valence-corrected chi connectivity index (χ3v) is 5.60. The highest BCUT2D eigenvalue weighted by Gasteiger charge is 2.23. The number of rotatable bonds is 6. The lowest BCUT2D eigenvalue weighted by Gasteiger charge is -2.23. The van der Waals surface area contributed by atoms with Crippen LogP contribution in [0.25, 0.3) is 10.4 Å². The Bertz CT molecular complexity index is 862. The maximum atomic E-state index is 12.8. The first kappa shape index (κ1) is 20.0. The standard InChI is InChI=1S/C19H24N4O4S/c1-26-12-5-6-13(15(8-12)27-2)16-9-14(18(28-16)23-19(20)25)17(24)22-11-4-3-7-21-10-11/h5-6,8-9,11,21H,3-4,7,10H2,1-2H3,(H,22,24)(H3,20,23,25)/t11-/m0/s1. The van der Waals surface area contributed by atoms with Gasteiger partial charge in [0.2, 0.25) is 0 Å². The fraction of sp³-hybridized carbons (Fsp3) is 0.368. The zero-order valence-corrected chi connectivity index (χ0v) is 16.7. The van der Waals surface area contributed by atoms with Crippen LogP contribution in [0.15, 0.2) is 24.3 Å². The van der Waals surface area contributed by atoms with E-state index in [1.807, 2.05) is 12.1 Å². The Morgan fingerprint density at radius 2 is 2.07 bits per heavy atom. The number of hydrogen-bond donors (Lipinski definition) is 4. The molecule has 28 heavy (non-hydrogen) atoms. The minimum atomic E-state index is -0.719. The largest absolute Gasteiger partial charge is 0.497 e. The molecule has 5 N–H and O–H groups in total. The Hall–Kier alpha value is -2.78. The first-order valence-electron chi connectivity index (χ1n) is 8.96. The number of amides is 3. The molecule has 0 spiro atoms. The van der Waals surface area contributed by atoms with Crippen LogP contribution in [0.1, 0.15) is 23.2 Å². The molecule has 150 valence electrons. The van der Waals surface area contributed by atoms with Gasteiger partial charge in [0.15, 0.2) is 0 Å². The van der Waals surface area contributed by atoms with Gasteiger partial charge in [0.1, 0.15) is 16.5 Å². The van der Waals surface area contributed by atoms with Gasteiger partial charge in [0, 0.05) is 29.1 Å². The topological polar surface area (TPSA) is 115 Å². The lowest BCUT2D eigenvalue weighted by Crippen LogP contribution is -2.45. The number of nitrogens with one attached hydrogen (secondary N) is 3. The summed E-state index contributed by atoms with van der Waals surface area (Å²) < 4.78 is 10.7. The molecule has 0 radical (unpaired) electrons. The summed E-state index contributed by atoms with van der Waals surface area (Å²) in [5, 5.41) is 9.25. The molecule has 1 fully saturated rings. The van der Waals surface area contributed by atoms with Crippen molar-refractivity contribution >= 4 is 28.3 Å². The highest BCUT2D eigenvalue weighted by Crippen LogP contribution is 2.41. The molecule has 1 aliphatic rings. The van der Waals surface area contributed by atoms with Gasteiger partial charge in [-0.2, -0.15) is 0 Å². The predicted molar refractivity (Wildman–Crippen MR) is 109 cm³/mol. The summed E-state index contributed by atoms with van der Waals surface area (Å²) in [5.41, 5.74) is 6.46. The molecule has 1 aliphatic heterocycles. The minimum Gasteiger partial charge on any atom is -0.497 e. The van der Waals surface area contributed by atoms with E-state index >= 15 is 0 Å². The Kier molecular flexibility index (Phi) is 6.37. The van der Waals surface area contributed by atoms with E-state index < -0.39 is 6.03 Å². The molecule has 0 saturated carbocycles. The average Bonchev–Trinajstić information content (AvgIpc) is 3.11. The van der Waals surface area contributed by atoms with Crippen LogP contribution < -0.4 is 31.2 Å². The fourth-order valence-electron chi connectivity index (χ4n) is 3.14. The summed E-state index contributed by atoms with van der Waals surface area (Å²) in [6.07, 6.45) is 1.93. The van der Waals surface area contributed by atoms with Crippen molar-refractivity contribution < 1.29 is 19.1 Å². The zero-order chi connectivity index (χ0) is 20.1. The molecule has 1 aromatic heterocycles. The first-order valence-corrected chi connectivity index (χ1v) is 9.77. The molecular formula is C19H24N4O4S. The van der Waals surface area contributed by atoms with Crippen LogP contribution in [0.2, 0.25) is 0 Å². The summed E-state index contributed by atoms with van der Waals surface area (Å²) in [7, 11) is 3.15. The molecule has 3 rings (SSSR count). The quantitative estimate of drug-likeness (QED) is 0.590. The van der Waals surface area contributed by atoms with Crippen LogP contribution in [0.3, 0.4) is 0 Å². The van der Waals surface area contributed by atoms with Crippen LogP contribution in [-0.2, 0) is 0 Å². The number of hydrogen-bond acceptors (Lipinski definition) is 6. The molecule has 1 saturated heterocycles. The smallest absolute Gasteiger partial charge is 0.317 e. The molecule has 0 bridgehead atoms. The number of primary amides is 1. The molecule has 0 aliphatic carbocycles. The number of ether oxygens (including phenoxy) is 2. The summed E-state index contributed by atoms with van der Waals surface area (Å²) in [6.45, 7) is 1.69. The van der Waals surface area contributed by atoms with Crippen molar-refractivity contribution in [3.63, 3.8) is 0 Å². The Morgan fingerprint density at radius 1 is 1.25 bits per heavy atom. The van der Waals surface area contributed by atoms with E-state index in [4.69, 9.17) is 15.2 Å². The van der Waals surface area contributed by atoms with Gasteiger partial charge in [0.25, 0.3) is 5.91 Å². The van der Waals surface area contributed by atoms with Crippen molar-refractivity contribution in [2.24, 2.45) is 5.73 Å². The molecule has 1 atom stereocenters. The van der Waals surface area contributed by atoms with Crippen molar-refractivity contribution in [1.29, 1.82) is 0 Å². The van der Waals surface area contributed by atoms with Crippen LogP contribution in [0, 0.1) is 0 Å². The van der Waals surface area contributed by atoms with Gasteiger partial charge in [-0.3, -0.25) is 10.1 Å². The zero-order valence-electron chi connectivity index (χ0n) is 15.8. The van der Waals surface area contributed by atoms with E-state index in [2.05, 4.69) is 16.0 Å². The average molecular weight is 404 g/mol. The second kappa shape index (κ2) is 8.94. The second-order valence-corrected chi connectivity index (χ2v) is 7.48. The monoisotopic (exact) mass is 404 g/mol. The number of carbonyl (C=O) groups is 2. The molecular weight excluding hydrogens is 380 g/mol. The SMILES string of the molecule is COc1ccc(-c2cc(C(=O)N[C@H]3CCCNC3)c(NC(N)=O)s2)c(OC)c1. The van der Waals surface area contributed by atoms with Crippen molar-refractivity contribution in [1.82, 2.24) is 10.6 Å². The van der Waals surface area contributed by atoms with Gasteiger partial charge >= 0.3 is 6.03 Å². The van der Waals surface area contributed by atoms with E-state index in [-0.39, 0.29) is 11.9 Å². The first-order chi connectivity index (χ1) is 13.5. The summed E-state index contributed by atoms with van der Waals surface area (Å²) in [5.74, 6) is 1.03. The van der Waals surface area contributed by atoms with Crippen molar-refractivity contribution in [3.05, 3.63) is 29.8 Å². The Balaban J connectivity index is 1.93. The van der Waals surface area contributed by atoms with E-state index in [0.717, 1.165) is 36.4 Å². The molecule has 2 aromatic rings. The van der Waals surface area contributed by atoms with Gasteiger partial charge in [-0.05, 0) is 37.6 Å². The minimum absolute atomic E-state index is 0.0570. The number of piperidine rings is 1. The van der Waals surface area contributed by atoms with Crippen molar-refractivity contribution in [3.8, 4) is 21.9 Å². The normalized spacial score (nSPS) is 16.3. The van der Waals surface area contributed by atoms with Gasteiger partial charge in [-0.15, -0.1) is 11.3 Å². The van der Waals surface area contributed by atoms with E-state index in [9.17, 15) is 9.59 Å². The Labute approximate surface area is 167 Å². The molecule has 0 unspecified atom stereocenters. The second-order valence-electron chi connectivity index (χ2n) is 6.43.